The summed E-state index contributed by atoms with van der Waals surface area (Å²) in [5.41, 5.74) is 3.21. The van der Waals surface area contributed by atoms with Gasteiger partial charge in [0.25, 0.3) is 0 Å². The Kier molecular flexibility index (Phi) is 3.63. The Hall–Kier alpha value is -2.17. The third kappa shape index (κ3) is 2.54. The molecule has 7 heteroatoms. The first-order valence-corrected chi connectivity index (χ1v) is 8.28. The number of hydrogen-bond donors (Lipinski definition) is 0. The Bertz CT molecular complexity index is 901. The van der Waals surface area contributed by atoms with Gasteiger partial charge < -0.3 is 4.74 Å². The highest BCUT2D eigenvalue weighted by molar-refractivity contribution is 9.10. The van der Waals surface area contributed by atoms with Crippen LogP contribution in [-0.2, 0) is 4.74 Å². The van der Waals surface area contributed by atoms with Crippen molar-refractivity contribution in [3.8, 4) is 17.2 Å². The molecule has 1 aliphatic heterocycles. The van der Waals surface area contributed by atoms with Gasteiger partial charge in [-0.2, -0.15) is 15.5 Å². The lowest BCUT2D eigenvalue weighted by molar-refractivity contribution is -0.0394. The highest BCUT2D eigenvalue weighted by Gasteiger charge is 2.18. The largest absolute Gasteiger partial charge is 0.357 e. The van der Waals surface area contributed by atoms with Crippen molar-refractivity contribution in [1.29, 1.82) is 5.26 Å². The summed E-state index contributed by atoms with van der Waals surface area (Å²) in [5.74, 6) is 0. The van der Waals surface area contributed by atoms with Crippen LogP contribution in [0.15, 0.2) is 35.3 Å². The summed E-state index contributed by atoms with van der Waals surface area (Å²) in [5, 5.41) is 18.0. The van der Waals surface area contributed by atoms with Gasteiger partial charge in [-0.3, -0.25) is 0 Å². The minimum Gasteiger partial charge on any atom is -0.357 e. The highest BCUT2D eigenvalue weighted by atomic mass is 79.9. The number of nitriles is 1. The average Bonchev–Trinajstić information content (AvgIpc) is 3.21. The van der Waals surface area contributed by atoms with E-state index in [0.29, 0.717) is 5.56 Å². The number of rotatable bonds is 2. The van der Waals surface area contributed by atoms with Crippen LogP contribution >= 0.6 is 15.9 Å². The van der Waals surface area contributed by atoms with Crippen LogP contribution in [0.2, 0.25) is 0 Å². The van der Waals surface area contributed by atoms with Crippen LogP contribution in [0.25, 0.3) is 16.6 Å². The third-order valence-corrected chi connectivity index (χ3v) is 4.50. The molecule has 0 amide bonds. The van der Waals surface area contributed by atoms with Crippen molar-refractivity contribution >= 4 is 21.4 Å². The first-order chi connectivity index (χ1) is 11.3. The molecule has 0 aromatic carbocycles. The fourth-order valence-corrected chi connectivity index (χ4v) is 3.38. The molecule has 6 nitrogen and oxygen atoms in total. The zero-order valence-corrected chi connectivity index (χ0v) is 13.9. The predicted molar refractivity (Wildman–Crippen MR) is 87.7 cm³/mol. The van der Waals surface area contributed by atoms with E-state index < -0.39 is 0 Å². The predicted octanol–water partition coefficient (Wildman–Crippen LogP) is 3.53. The maximum absolute atomic E-state index is 9.32. The van der Waals surface area contributed by atoms with Gasteiger partial charge in [-0.05, 0) is 41.3 Å². The minimum atomic E-state index is 0.000946. The third-order valence-electron chi connectivity index (χ3n) is 4.06. The molecule has 1 aliphatic rings. The van der Waals surface area contributed by atoms with Crippen molar-refractivity contribution in [2.75, 3.05) is 6.61 Å². The molecule has 0 saturated carbocycles. The maximum atomic E-state index is 9.32. The van der Waals surface area contributed by atoms with Crippen LogP contribution in [-0.4, -0.2) is 26.0 Å². The monoisotopic (exact) mass is 371 g/mol. The quantitative estimate of drug-likeness (QED) is 0.690. The molecule has 4 rings (SSSR count). The number of aromatic nitrogens is 4. The SMILES string of the molecule is N#Cc1cnn2cc(Br)cc(-c3cnn(C4CCCCO4)c3)c12. The fourth-order valence-electron chi connectivity index (χ4n) is 2.96. The lowest BCUT2D eigenvalue weighted by Gasteiger charge is -2.22. The standard InChI is InChI=1S/C16H14BrN5O/c17-13-5-14(16-11(6-18)7-20-22(16)10-13)12-8-19-21(9-12)15-3-1-2-4-23-15/h5,7-10,15H,1-4H2. The van der Waals surface area contributed by atoms with Gasteiger partial charge in [0.2, 0.25) is 0 Å². The molecule has 1 unspecified atom stereocenters. The normalized spacial score (nSPS) is 18.2. The summed E-state index contributed by atoms with van der Waals surface area (Å²) in [6.07, 6.45) is 10.5. The second-order valence-corrected chi connectivity index (χ2v) is 6.48. The first kappa shape index (κ1) is 14.4. The van der Waals surface area contributed by atoms with Crippen LogP contribution in [0.1, 0.15) is 31.1 Å². The molecule has 3 aromatic heterocycles. The van der Waals surface area contributed by atoms with E-state index in [1.807, 2.05) is 29.3 Å². The van der Waals surface area contributed by atoms with E-state index in [0.717, 1.165) is 47.0 Å². The summed E-state index contributed by atoms with van der Waals surface area (Å²) in [6, 6.07) is 4.19. The van der Waals surface area contributed by atoms with Crippen molar-refractivity contribution in [2.45, 2.75) is 25.5 Å². The second-order valence-electron chi connectivity index (χ2n) is 5.57. The highest BCUT2D eigenvalue weighted by Crippen LogP contribution is 2.31. The molecular weight excluding hydrogens is 358 g/mol. The van der Waals surface area contributed by atoms with Gasteiger partial charge in [0, 0.05) is 34.6 Å². The van der Waals surface area contributed by atoms with Crippen LogP contribution < -0.4 is 0 Å². The number of pyridine rings is 1. The van der Waals surface area contributed by atoms with Gasteiger partial charge in [0.05, 0.1) is 23.5 Å². The van der Waals surface area contributed by atoms with Crippen molar-refractivity contribution in [2.24, 2.45) is 0 Å². The Morgan fingerprint density at radius 1 is 1.26 bits per heavy atom. The molecule has 4 heterocycles. The van der Waals surface area contributed by atoms with Gasteiger partial charge in [-0.25, -0.2) is 9.20 Å². The first-order valence-electron chi connectivity index (χ1n) is 7.49. The Morgan fingerprint density at radius 3 is 2.96 bits per heavy atom. The molecule has 0 aliphatic carbocycles. The zero-order valence-electron chi connectivity index (χ0n) is 12.3. The smallest absolute Gasteiger partial charge is 0.150 e. The number of halogens is 1. The van der Waals surface area contributed by atoms with E-state index in [9.17, 15) is 5.26 Å². The van der Waals surface area contributed by atoms with Gasteiger partial charge in [0.15, 0.2) is 0 Å². The summed E-state index contributed by atoms with van der Waals surface area (Å²) in [4.78, 5) is 0. The van der Waals surface area contributed by atoms with E-state index in [2.05, 4.69) is 32.2 Å². The van der Waals surface area contributed by atoms with Gasteiger partial charge in [-0.15, -0.1) is 0 Å². The van der Waals surface area contributed by atoms with E-state index >= 15 is 0 Å². The van der Waals surface area contributed by atoms with E-state index in [-0.39, 0.29) is 6.23 Å². The van der Waals surface area contributed by atoms with Crippen LogP contribution in [0, 0.1) is 11.3 Å². The van der Waals surface area contributed by atoms with Crippen LogP contribution in [0.3, 0.4) is 0 Å². The Morgan fingerprint density at radius 2 is 2.17 bits per heavy atom. The van der Waals surface area contributed by atoms with E-state index in [4.69, 9.17) is 4.74 Å². The van der Waals surface area contributed by atoms with E-state index in [1.165, 1.54) is 0 Å². The zero-order chi connectivity index (χ0) is 15.8. The molecule has 0 radical (unpaired) electrons. The molecule has 3 aromatic rings. The van der Waals surface area contributed by atoms with Crippen LogP contribution in [0.5, 0.6) is 0 Å². The Labute approximate surface area is 141 Å². The number of nitrogens with zero attached hydrogens (tertiary/aromatic N) is 5. The molecule has 1 atom stereocenters. The molecular formula is C16H14BrN5O. The average molecular weight is 372 g/mol. The molecule has 23 heavy (non-hydrogen) atoms. The van der Waals surface area contributed by atoms with Crippen molar-refractivity contribution in [3.05, 3.63) is 40.9 Å². The summed E-state index contributed by atoms with van der Waals surface area (Å²) in [7, 11) is 0. The molecule has 1 saturated heterocycles. The fraction of sp³-hybridized carbons (Fsp3) is 0.312. The molecule has 0 bridgehead atoms. The molecule has 1 fully saturated rings. The van der Waals surface area contributed by atoms with Crippen molar-refractivity contribution in [3.63, 3.8) is 0 Å². The number of fused-ring (bicyclic) bond motifs is 1. The van der Waals surface area contributed by atoms with Crippen LogP contribution in [0.4, 0.5) is 0 Å². The summed E-state index contributed by atoms with van der Waals surface area (Å²) < 4.78 is 10.3. The maximum Gasteiger partial charge on any atom is 0.150 e. The number of ether oxygens (including phenoxy) is 1. The van der Waals surface area contributed by atoms with Gasteiger partial charge >= 0.3 is 0 Å². The van der Waals surface area contributed by atoms with Gasteiger partial charge in [-0.1, -0.05) is 0 Å². The molecule has 116 valence electrons. The summed E-state index contributed by atoms with van der Waals surface area (Å²) in [6.45, 7) is 0.780. The topological polar surface area (TPSA) is 68.1 Å². The molecule has 0 N–H and O–H groups in total. The second kappa shape index (κ2) is 5.80. The van der Waals surface area contributed by atoms with Crippen molar-refractivity contribution in [1.82, 2.24) is 19.4 Å². The van der Waals surface area contributed by atoms with E-state index in [1.54, 1.807) is 10.7 Å². The summed E-state index contributed by atoms with van der Waals surface area (Å²) >= 11 is 3.50. The number of hydrogen-bond acceptors (Lipinski definition) is 4. The van der Waals surface area contributed by atoms with Crippen molar-refractivity contribution < 1.29 is 4.74 Å². The molecule has 0 spiro atoms. The minimum absolute atomic E-state index is 0.000946. The lowest BCUT2D eigenvalue weighted by atomic mass is 10.1. The van der Waals surface area contributed by atoms with Gasteiger partial charge in [0.1, 0.15) is 12.3 Å². The Balaban J connectivity index is 1.81. The lowest BCUT2D eigenvalue weighted by Crippen LogP contribution is -2.18.